The van der Waals surface area contributed by atoms with Gasteiger partial charge in [0.1, 0.15) is 5.82 Å². The Hall–Kier alpha value is -1.79. The Morgan fingerprint density at radius 2 is 2.00 bits per heavy atom. The molecule has 1 saturated heterocycles. The van der Waals surface area contributed by atoms with Gasteiger partial charge >= 0.3 is 0 Å². The molecule has 0 unspecified atom stereocenters. The van der Waals surface area contributed by atoms with Gasteiger partial charge in [0.15, 0.2) is 0 Å². The fourth-order valence-corrected chi connectivity index (χ4v) is 2.71. The predicted octanol–water partition coefficient (Wildman–Crippen LogP) is 2.54. The lowest BCUT2D eigenvalue weighted by Crippen LogP contribution is -2.38. The summed E-state index contributed by atoms with van der Waals surface area (Å²) in [5.74, 6) is -0.0705. The lowest BCUT2D eigenvalue weighted by molar-refractivity contribution is 0.0360. The van der Waals surface area contributed by atoms with Crippen molar-refractivity contribution in [1.82, 2.24) is 19.7 Å². The van der Waals surface area contributed by atoms with Crippen molar-refractivity contribution in [3.8, 4) is 11.3 Å². The van der Waals surface area contributed by atoms with Crippen molar-refractivity contribution in [2.45, 2.75) is 26.3 Å². The highest BCUT2D eigenvalue weighted by atomic mass is 19.1. The molecule has 2 aromatic heterocycles. The average Bonchev–Trinajstić information content (AvgIpc) is 3.02. The largest absolute Gasteiger partial charge is 0.379 e. The highest BCUT2D eigenvalue weighted by Gasteiger charge is 2.12. The van der Waals surface area contributed by atoms with Gasteiger partial charge in [0.05, 0.1) is 31.6 Å². The van der Waals surface area contributed by atoms with Gasteiger partial charge in [-0.3, -0.25) is 14.6 Å². The standard InChI is InChI=1S/C17H23FN4O/c1-13(2)15-11-19-17(9-16(15)18)14-10-20-22(12-14)4-3-21-5-7-23-8-6-21/h9-13H,3-8H2,1-2H3. The molecule has 0 spiro atoms. The summed E-state index contributed by atoms with van der Waals surface area (Å²) >= 11 is 0. The number of hydrogen-bond acceptors (Lipinski definition) is 4. The first kappa shape index (κ1) is 16.1. The first-order valence-electron chi connectivity index (χ1n) is 8.12. The minimum absolute atomic E-state index is 0.132. The van der Waals surface area contributed by atoms with Crippen LogP contribution >= 0.6 is 0 Å². The summed E-state index contributed by atoms with van der Waals surface area (Å²) in [6, 6.07) is 1.50. The molecule has 0 aliphatic carbocycles. The number of rotatable bonds is 5. The van der Waals surface area contributed by atoms with E-state index in [9.17, 15) is 4.39 Å². The molecule has 0 saturated carbocycles. The Bertz CT molecular complexity index is 650. The van der Waals surface area contributed by atoms with Crippen LogP contribution in [-0.4, -0.2) is 52.5 Å². The number of halogens is 1. The highest BCUT2D eigenvalue weighted by molar-refractivity contribution is 5.57. The minimum atomic E-state index is -0.203. The fraction of sp³-hybridized carbons (Fsp3) is 0.529. The predicted molar refractivity (Wildman–Crippen MR) is 86.8 cm³/mol. The molecule has 2 aromatic rings. The highest BCUT2D eigenvalue weighted by Crippen LogP contribution is 2.22. The van der Waals surface area contributed by atoms with E-state index in [2.05, 4.69) is 15.0 Å². The lowest BCUT2D eigenvalue weighted by Gasteiger charge is -2.26. The zero-order chi connectivity index (χ0) is 16.2. The van der Waals surface area contributed by atoms with Gasteiger partial charge in [-0.15, -0.1) is 0 Å². The summed E-state index contributed by atoms with van der Waals surface area (Å²) in [7, 11) is 0. The summed E-state index contributed by atoms with van der Waals surface area (Å²) in [5, 5.41) is 4.36. The molecule has 6 heteroatoms. The van der Waals surface area contributed by atoms with E-state index in [-0.39, 0.29) is 11.7 Å². The Labute approximate surface area is 136 Å². The van der Waals surface area contributed by atoms with Gasteiger partial charge in [0.2, 0.25) is 0 Å². The van der Waals surface area contributed by atoms with Crippen molar-refractivity contribution in [2.24, 2.45) is 0 Å². The van der Waals surface area contributed by atoms with Crippen LogP contribution in [0.3, 0.4) is 0 Å². The number of morpholine rings is 1. The van der Waals surface area contributed by atoms with Crippen LogP contribution < -0.4 is 0 Å². The second-order valence-electron chi connectivity index (χ2n) is 6.19. The molecule has 3 heterocycles. The Balaban J connectivity index is 1.65. The van der Waals surface area contributed by atoms with Crippen LogP contribution in [0.25, 0.3) is 11.3 Å². The maximum Gasteiger partial charge on any atom is 0.130 e. The van der Waals surface area contributed by atoms with Crippen molar-refractivity contribution < 1.29 is 9.13 Å². The second kappa shape index (κ2) is 7.19. The Kier molecular flexibility index (Phi) is 5.03. The molecule has 0 bridgehead atoms. The van der Waals surface area contributed by atoms with Gasteiger partial charge in [-0.05, 0) is 5.92 Å². The molecule has 0 amide bonds. The third-order valence-corrected chi connectivity index (χ3v) is 4.18. The molecule has 1 aliphatic rings. The number of pyridine rings is 1. The third-order valence-electron chi connectivity index (χ3n) is 4.18. The zero-order valence-corrected chi connectivity index (χ0v) is 13.7. The minimum Gasteiger partial charge on any atom is -0.379 e. The van der Waals surface area contributed by atoms with Crippen LogP contribution in [0.1, 0.15) is 25.3 Å². The zero-order valence-electron chi connectivity index (χ0n) is 13.7. The first-order chi connectivity index (χ1) is 11.1. The van der Waals surface area contributed by atoms with Crippen molar-refractivity contribution in [3.63, 3.8) is 0 Å². The lowest BCUT2D eigenvalue weighted by atomic mass is 10.0. The van der Waals surface area contributed by atoms with E-state index in [1.165, 1.54) is 6.07 Å². The molecule has 0 aromatic carbocycles. The maximum atomic E-state index is 14.1. The number of nitrogens with zero attached hydrogens (tertiary/aromatic N) is 4. The quantitative estimate of drug-likeness (QED) is 0.850. The van der Waals surface area contributed by atoms with Gasteiger partial charge in [-0.1, -0.05) is 13.8 Å². The summed E-state index contributed by atoms with van der Waals surface area (Å²) in [5.41, 5.74) is 2.12. The van der Waals surface area contributed by atoms with Crippen molar-refractivity contribution in [3.05, 3.63) is 36.0 Å². The SMILES string of the molecule is CC(C)c1cnc(-c2cnn(CCN3CCOCC3)c2)cc1F. The van der Waals surface area contributed by atoms with E-state index < -0.39 is 0 Å². The van der Waals surface area contributed by atoms with Crippen molar-refractivity contribution in [1.29, 1.82) is 0 Å². The molecule has 23 heavy (non-hydrogen) atoms. The first-order valence-corrected chi connectivity index (χ1v) is 8.12. The molecule has 0 radical (unpaired) electrons. The molecule has 0 N–H and O–H groups in total. The van der Waals surface area contributed by atoms with Crippen molar-refractivity contribution >= 4 is 0 Å². The van der Waals surface area contributed by atoms with Gasteiger partial charge in [0.25, 0.3) is 0 Å². The molecule has 0 atom stereocenters. The molecule has 1 aliphatic heterocycles. The van der Waals surface area contributed by atoms with E-state index in [0.717, 1.165) is 45.0 Å². The summed E-state index contributed by atoms with van der Waals surface area (Å²) in [4.78, 5) is 6.74. The molecule has 5 nitrogen and oxygen atoms in total. The van der Waals surface area contributed by atoms with Crippen molar-refractivity contribution in [2.75, 3.05) is 32.8 Å². The van der Waals surface area contributed by atoms with E-state index in [0.29, 0.717) is 11.3 Å². The van der Waals surface area contributed by atoms with E-state index in [4.69, 9.17) is 4.74 Å². The summed E-state index contributed by atoms with van der Waals surface area (Å²) in [6.07, 6.45) is 5.30. The van der Waals surface area contributed by atoms with Crippen LogP contribution in [-0.2, 0) is 11.3 Å². The summed E-state index contributed by atoms with van der Waals surface area (Å²) in [6.45, 7) is 9.22. The molecule has 1 fully saturated rings. The normalized spacial score (nSPS) is 16.2. The Morgan fingerprint density at radius 1 is 1.22 bits per heavy atom. The molecular weight excluding hydrogens is 295 g/mol. The van der Waals surface area contributed by atoms with Crippen LogP contribution in [0.15, 0.2) is 24.7 Å². The van der Waals surface area contributed by atoms with Crippen LogP contribution in [0.4, 0.5) is 4.39 Å². The van der Waals surface area contributed by atoms with E-state index in [1.807, 2.05) is 24.7 Å². The van der Waals surface area contributed by atoms with Gasteiger partial charge in [-0.25, -0.2) is 4.39 Å². The average molecular weight is 318 g/mol. The van der Waals surface area contributed by atoms with Gasteiger partial charge < -0.3 is 4.74 Å². The summed E-state index contributed by atoms with van der Waals surface area (Å²) < 4.78 is 21.3. The molecular formula is C17H23FN4O. The molecule has 124 valence electrons. The molecule has 3 rings (SSSR count). The van der Waals surface area contributed by atoms with E-state index >= 15 is 0 Å². The fourth-order valence-electron chi connectivity index (χ4n) is 2.71. The number of hydrogen-bond donors (Lipinski definition) is 0. The number of ether oxygens (including phenoxy) is 1. The third kappa shape index (κ3) is 3.95. The second-order valence-corrected chi connectivity index (χ2v) is 6.19. The van der Waals surface area contributed by atoms with Crippen LogP contribution in [0.2, 0.25) is 0 Å². The topological polar surface area (TPSA) is 43.2 Å². The smallest absolute Gasteiger partial charge is 0.130 e. The van der Waals surface area contributed by atoms with Crippen LogP contribution in [0.5, 0.6) is 0 Å². The van der Waals surface area contributed by atoms with Gasteiger partial charge in [0, 0.05) is 49.2 Å². The monoisotopic (exact) mass is 318 g/mol. The van der Waals surface area contributed by atoms with E-state index in [1.54, 1.807) is 12.4 Å². The Morgan fingerprint density at radius 3 is 2.70 bits per heavy atom. The van der Waals surface area contributed by atoms with Gasteiger partial charge in [-0.2, -0.15) is 5.10 Å². The number of aromatic nitrogens is 3. The van der Waals surface area contributed by atoms with Crippen LogP contribution in [0, 0.1) is 5.82 Å². The maximum absolute atomic E-state index is 14.1.